The third-order valence-electron chi connectivity index (χ3n) is 5.11. The Labute approximate surface area is 172 Å². The Kier molecular flexibility index (Phi) is 4.23. The smallest absolute Gasteiger partial charge is 0.269 e. The van der Waals surface area contributed by atoms with Gasteiger partial charge in [0.1, 0.15) is 5.75 Å². The molecule has 3 aromatic carbocycles. The van der Waals surface area contributed by atoms with Crippen LogP contribution in [-0.4, -0.2) is 9.93 Å². The Morgan fingerprint density at radius 3 is 2.66 bits per heavy atom. The monoisotopic (exact) mass is 405 g/mol. The molecule has 2 aliphatic heterocycles. The van der Waals surface area contributed by atoms with Crippen LogP contribution >= 0.6 is 11.6 Å². The number of benzene rings is 3. The number of rotatable bonds is 3. The van der Waals surface area contributed by atoms with Crippen LogP contribution in [0.15, 0.2) is 78.9 Å². The van der Waals surface area contributed by atoms with Crippen LogP contribution in [0.2, 0.25) is 5.02 Å². The molecule has 5 rings (SSSR count). The van der Waals surface area contributed by atoms with Crippen molar-refractivity contribution in [2.24, 2.45) is 0 Å². The molecule has 0 fully saturated rings. The summed E-state index contributed by atoms with van der Waals surface area (Å²) in [5.74, 6) is 0.708. The highest BCUT2D eigenvalue weighted by molar-refractivity contribution is 6.30. The maximum absolute atomic E-state index is 11.2. The fourth-order valence-electron chi connectivity index (χ4n) is 3.76. The molecule has 2 atom stereocenters. The van der Waals surface area contributed by atoms with Gasteiger partial charge in [0.05, 0.1) is 16.7 Å². The number of ether oxygens (including phenoxy) is 1. The highest BCUT2D eigenvalue weighted by Gasteiger charge is 2.40. The zero-order chi connectivity index (χ0) is 20.0. The van der Waals surface area contributed by atoms with Gasteiger partial charge in [-0.2, -0.15) is 5.01 Å². The van der Waals surface area contributed by atoms with Gasteiger partial charge in [-0.3, -0.25) is 10.1 Å². The van der Waals surface area contributed by atoms with Gasteiger partial charge in [0.2, 0.25) is 0 Å². The fraction of sp³-hybridized carbons (Fsp3) is 0.0909. The number of hydrogen-bond donors (Lipinski definition) is 1. The average molecular weight is 406 g/mol. The number of nitrogens with one attached hydrogen (secondary N) is 1. The molecular weight excluding hydrogens is 390 g/mol. The normalized spacial score (nSPS) is 20.1. The lowest BCUT2D eigenvalue weighted by atomic mass is 10.0. The van der Waals surface area contributed by atoms with Gasteiger partial charge < -0.3 is 10.2 Å². The van der Waals surface area contributed by atoms with E-state index in [1.54, 1.807) is 18.2 Å². The molecule has 0 saturated heterocycles. The highest BCUT2D eigenvalue weighted by Crippen LogP contribution is 2.46. The number of hydrogen-bond acceptors (Lipinski definition) is 5. The Morgan fingerprint density at radius 1 is 1.03 bits per heavy atom. The quantitative estimate of drug-likeness (QED) is 0.476. The van der Waals surface area contributed by atoms with E-state index in [2.05, 4.69) is 11.5 Å². The van der Waals surface area contributed by atoms with Crippen molar-refractivity contribution in [3.8, 4) is 5.75 Å². The summed E-state index contributed by atoms with van der Waals surface area (Å²) in [5.41, 5.74) is 7.08. The second-order valence-electron chi connectivity index (χ2n) is 6.91. The van der Waals surface area contributed by atoms with Crippen LogP contribution in [0.5, 0.6) is 5.75 Å². The van der Waals surface area contributed by atoms with Gasteiger partial charge in [-0.05, 0) is 29.8 Å². The average Bonchev–Trinajstić information content (AvgIpc) is 3.20. The van der Waals surface area contributed by atoms with Crippen LogP contribution in [-0.2, 0) is 0 Å². The van der Waals surface area contributed by atoms with Crippen molar-refractivity contribution in [3.05, 3.63) is 111 Å². The molecule has 29 heavy (non-hydrogen) atoms. The van der Waals surface area contributed by atoms with E-state index in [1.807, 2.05) is 53.5 Å². The molecule has 7 heteroatoms. The van der Waals surface area contributed by atoms with E-state index in [-0.39, 0.29) is 11.7 Å². The number of nitro groups is 1. The molecule has 0 aliphatic carbocycles. The minimum absolute atomic E-state index is 0.0278. The van der Waals surface area contributed by atoms with Crippen LogP contribution in [0.4, 0.5) is 5.69 Å². The molecule has 0 unspecified atom stereocenters. The van der Waals surface area contributed by atoms with E-state index in [4.69, 9.17) is 16.3 Å². The Bertz CT molecular complexity index is 1130. The maximum Gasteiger partial charge on any atom is 0.269 e. The van der Waals surface area contributed by atoms with Crippen LogP contribution in [0, 0.1) is 10.1 Å². The molecule has 6 nitrogen and oxygen atoms in total. The number of fused-ring (bicyclic) bond motifs is 3. The van der Waals surface area contributed by atoms with Crippen LogP contribution in [0.1, 0.15) is 29.0 Å². The Morgan fingerprint density at radius 2 is 1.86 bits per heavy atom. The highest BCUT2D eigenvalue weighted by atomic mass is 35.5. The molecular formula is C22H16ClN3O3. The molecule has 1 N–H and O–H groups in total. The molecule has 0 radical (unpaired) electrons. The van der Waals surface area contributed by atoms with Crippen LogP contribution in [0.25, 0.3) is 5.70 Å². The summed E-state index contributed by atoms with van der Waals surface area (Å²) in [6.45, 7) is 0. The van der Waals surface area contributed by atoms with Crippen molar-refractivity contribution in [3.63, 3.8) is 0 Å². The van der Waals surface area contributed by atoms with Gasteiger partial charge in [0.15, 0.2) is 6.23 Å². The van der Waals surface area contributed by atoms with Gasteiger partial charge >= 0.3 is 0 Å². The van der Waals surface area contributed by atoms with Crippen molar-refractivity contribution < 1.29 is 9.66 Å². The van der Waals surface area contributed by atoms with Gasteiger partial charge in [-0.15, -0.1) is 0 Å². The molecule has 0 amide bonds. The summed E-state index contributed by atoms with van der Waals surface area (Å²) in [7, 11) is 0. The van der Waals surface area contributed by atoms with Crippen molar-refractivity contribution in [1.29, 1.82) is 0 Å². The zero-order valence-corrected chi connectivity index (χ0v) is 15.9. The third kappa shape index (κ3) is 3.12. The number of nitrogens with zero attached hydrogens (tertiary/aromatic N) is 2. The lowest BCUT2D eigenvalue weighted by Crippen LogP contribution is -2.43. The molecule has 0 aromatic heterocycles. The summed E-state index contributed by atoms with van der Waals surface area (Å²) in [4.78, 5) is 10.8. The van der Waals surface area contributed by atoms with E-state index in [0.29, 0.717) is 16.3 Å². The first-order valence-electron chi connectivity index (χ1n) is 9.13. The third-order valence-corrected chi connectivity index (χ3v) is 5.34. The standard InChI is InChI=1S/C22H16ClN3O3/c23-16-9-10-21-18(12-16)20-13-19(14-5-2-1-3-6-14)24-25(20)22(29-21)15-7-4-8-17(11-15)26(27)28/h1-13,20,22,24H/t20-,22+/m1/s1. The van der Waals surface area contributed by atoms with Gasteiger partial charge in [-0.25, -0.2) is 0 Å². The lowest BCUT2D eigenvalue weighted by Gasteiger charge is -2.39. The minimum Gasteiger partial charge on any atom is -0.469 e. The predicted octanol–water partition coefficient (Wildman–Crippen LogP) is 5.24. The summed E-state index contributed by atoms with van der Waals surface area (Å²) in [5, 5.41) is 13.8. The van der Waals surface area contributed by atoms with E-state index >= 15 is 0 Å². The van der Waals surface area contributed by atoms with Crippen LogP contribution < -0.4 is 10.2 Å². The van der Waals surface area contributed by atoms with Gasteiger partial charge in [0.25, 0.3) is 5.69 Å². The topological polar surface area (TPSA) is 67.6 Å². The van der Waals surface area contributed by atoms with Gasteiger partial charge in [-0.1, -0.05) is 54.1 Å². The first-order valence-corrected chi connectivity index (χ1v) is 9.50. The molecule has 144 valence electrons. The maximum atomic E-state index is 11.2. The Balaban J connectivity index is 1.60. The fourth-order valence-corrected chi connectivity index (χ4v) is 3.94. The SMILES string of the molecule is O=[N+]([O-])c1cccc([C@@H]2Oc3ccc(Cl)cc3[C@H]3C=C(c4ccccc4)NN32)c1. The Hall–Kier alpha value is -3.35. The van der Waals surface area contributed by atoms with Gasteiger partial charge in [0, 0.05) is 28.3 Å². The molecule has 2 aliphatic rings. The number of halogens is 1. The van der Waals surface area contributed by atoms with E-state index in [1.165, 1.54) is 6.07 Å². The van der Waals surface area contributed by atoms with E-state index in [0.717, 1.165) is 16.8 Å². The second-order valence-corrected chi connectivity index (χ2v) is 7.35. The first kappa shape index (κ1) is 17.7. The largest absolute Gasteiger partial charge is 0.469 e. The first-order chi connectivity index (χ1) is 14.1. The second kappa shape index (κ2) is 6.92. The van der Waals surface area contributed by atoms with Crippen molar-refractivity contribution in [2.75, 3.05) is 0 Å². The number of non-ortho nitro benzene ring substituents is 1. The molecule has 2 heterocycles. The molecule has 0 saturated carbocycles. The summed E-state index contributed by atoms with van der Waals surface area (Å²) in [6, 6.07) is 21.9. The van der Waals surface area contributed by atoms with E-state index < -0.39 is 11.2 Å². The molecule has 0 spiro atoms. The van der Waals surface area contributed by atoms with Crippen molar-refractivity contribution in [2.45, 2.75) is 12.3 Å². The summed E-state index contributed by atoms with van der Waals surface area (Å²) >= 11 is 6.24. The number of nitro benzene ring substituents is 1. The van der Waals surface area contributed by atoms with Crippen LogP contribution in [0.3, 0.4) is 0 Å². The lowest BCUT2D eigenvalue weighted by molar-refractivity contribution is -0.385. The minimum atomic E-state index is -0.536. The predicted molar refractivity (Wildman–Crippen MR) is 110 cm³/mol. The zero-order valence-electron chi connectivity index (χ0n) is 15.2. The number of hydrazine groups is 1. The summed E-state index contributed by atoms with van der Waals surface area (Å²) in [6.07, 6.45) is 1.59. The van der Waals surface area contributed by atoms with Crippen molar-refractivity contribution >= 4 is 23.0 Å². The molecule has 3 aromatic rings. The van der Waals surface area contributed by atoms with E-state index in [9.17, 15) is 10.1 Å². The summed E-state index contributed by atoms with van der Waals surface area (Å²) < 4.78 is 6.25. The van der Waals surface area contributed by atoms with Crippen molar-refractivity contribution in [1.82, 2.24) is 10.4 Å². The molecule has 0 bridgehead atoms.